The number of hydrogen-bond acceptors (Lipinski definition) is 5. The fourth-order valence-corrected chi connectivity index (χ4v) is 3.31. The molecule has 1 aliphatic heterocycles. The topological polar surface area (TPSA) is 54.2 Å². The van der Waals surface area contributed by atoms with E-state index in [9.17, 15) is 4.39 Å². The van der Waals surface area contributed by atoms with E-state index in [4.69, 9.17) is 16.0 Å². The first-order chi connectivity index (χ1) is 11.1. The van der Waals surface area contributed by atoms with E-state index in [1.165, 1.54) is 6.07 Å². The van der Waals surface area contributed by atoms with Crippen LogP contribution < -0.4 is 5.32 Å². The quantitative estimate of drug-likeness (QED) is 0.908. The lowest BCUT2D eigenvalue weighted by molar-refractivity contribution is 0.245. The van der Waals surface area contributed by atoms with Crippen LogP contribution in [0.2, 0.25) is 5.02 Å². The molecule has 0 radical (unpaired) electrons. The van der Waals surface area contributed by atoms with Gasteiger partial charge in [0.05, 0.1) is 17.6 Å². The Morgan fingerprint density at radius 2 is 2.26 bits per heavy atom. The molecule has 5 nitrogen and oxygen atoms in total. The first-order valence-electron chi connectivity index (χ1n) is 7.80. The average Bonchev–Trinajstić information content (AvgIpc) is 3.13. The number of benzene rings is 1. The normalized spacial score (nSPS) is 21.9. The standard InChI is InChI=1S/C16H20ClFN4O/c1-3-22-7-6-14(19-9-15-21-20-10(2)23-15)16(22)11-4-5-12(17)13(18)8-11/h4-5,8,14,16,19H,3,6-7,9H2,1-2H3. The van der Waals surface area contributed by atoms with Crippen molar-refractivity contribution < 1.29 is 8.81 Å². The molecule has 0 saturated carbocycles. The van der Waals surface area contributed by atoms with Crippen LogP contribution in [0, 0.1) is 12.7 Å². The molecule has 2 heterocycles. The van der Waals surface area contributed by atoms with Crippen molar-refractivity contribution in [2.75, 3.05) is 13.1 Å². The minimum Gasteiger partial charge on any atom is -0.424 e. The maximum Gasteiger partial charge on any atom is 0.230 e. The Bertz CT molecular complexity index is 678. The van der Waals surface area contributed by atoms with Crippen LogP contribution in [0.5, 0.6) is 0 Å². The predicted molar refractivity (Wildman–Crippen MR) is 85.7 cm³/mol. The lowest BCUT2D eigenvalue weighted by atomic mass is 10.00. The van der Waals surface area contributed by atoms with Gasteiger partial charge in [0.2, 0.25) is 11.8 Å². The van der Waals surface area contributed by atoms with Crippen molar-refractivity contribution in [1.82, 2.24) is 20.4 Å². The molecular formula is C16H20ClFN4O. The number of likely N-dealkylation sites (tertiary alicyclic amines) is 1. The maximum atomic E-state index is 13.8. The van der Waals surface area contributed by atoms with Crippen LogP contribution in [-0.2, 0) is 6.54 Å². The summed E-state index contributed by atoms with van der Waals surface area (Å²) in [6, 6.07) is 5.36. The monoisotopic (exact) mass is 338 g/mol. The Morgan fingerprint density at radius 1 is 1.43 bits per heavy atom. The van der Waals surface area contributed by atoms with Crippen LogP contribution in [-0.4, -0.2) is 34.2 Å². The number of nitrogens with one attached hydrogen (secondary N) is 1. The van der Waals surface area contributed by atoms with Gasteiger partial charge in [-0.2, -0.15) is 0 Å². The lowest BCUT2D eigenvalue weighted by Crippen LogP contribution is -2.36. The second-order valence-corrected chi connectivity index (χ2v) is 6.15. The minimum absolute atomic E-state index is 0.107. The Labute approximate surface area is 139 Å². The van der Waals surface area contributed by atoms with Gasteiger partial charge >= 0.3 is 0 Å². The Balaban J connectivity index is 1.76. The maximum absolute atomic E-state index is 13.8. The van der Waals surface area contributed by atoms with Crippen LogP contribution in [0.15, 0.2) is 22.6 Å². The summed E-state index contributed by atoms with van der Waals surface area (Å²) in [6.45, 7) is 6.27. The van der Waals surface area contributed by atoms with E-state index in [2.05, 4.69) is 27.3 Å². The summed E-state index contributed by atoms with van der Waals surface area (Å²) in [5.74, 6) is 0.747. The van der Waals surface area contributed by atoms with Gasteiger partial charge in [0.1, 0.15) is 5.82 Å². The molecule has 0 bridgehead atoms. The molecular weight excluding hydrogens is 319 g/mol. The number of hydrogen-bond donors (Lipinski definition) is 1. The van der Waals surface area contributed by atoms with Crippen molar-refractivity contribution in [3.8, 4) is 0 Å². The largest absolute Gasteiger partial charge is 0.424 e. The number of aromatic nitrogens is 2. The van der Waals surface area contributed by atoms with E-state index < -0.39 is 0 Å². The molecule has 2 aromatic rings. The van der Waals surface area contributed by atoms with Crippen molar-refractivity contribution in [3.05, 3.63) is 46.4 Å². The zero-order valence-electron chi connectivity index (χ0n) is 13.2. The van der Waals surface area contributed by atoms with E-state index in [0.29, 0.717) is 18.3 Å². The van der Waals surface area contributed by atoms with E-state index in [1.54, 1.807) is 13.0 Å². The minimum atomic E-state index is -0.376. The number of aryl methyl sites for hydroxylation is 1. The van der Waals surface area contributed by atoms with Gasteiger partial charge in [-0.25, -0.2) is 4.39 Å². The second-order valence-electron chi connectivity index (χ2n) is 5.74. The molecule has 1 aromatic heterocycles. The zero-order valence-corrected chi connectivity index (χ0v) is 14.0. The molecule has 1 saturated heterocycles. The summed E-state index contributed by atoms with van der Waals surface area (Å²) in [4.78, 5) is 2.33. The SMILES string of the molecule is CCN1CCC(NCc2nnc(C)o2)C1c1ccc(Cl)c(F)c1. The highest BCUT2D eigenvalue weighted by molar-refractivity contribution is 6.30. The predicted octanol–water partition coefficient (Wildman–Crippen LogP) is 3.10. The first-order valence-corrected chi connectivity index (χ1v) is 8.17. The molecule has 23 heavy (non-hydrogen) atoms. The van der Waals surface area contributed by atoms with Crippen molar-refractivity contribution >= 4 is 11.6 Å². The fourth-order valence-electron chi connectivity index (χ4n) is 3.19. The molecule has 1 fully saturated rings. The van der Waals surface area contributed by atoms with Gasteiger partial charge < -0.3 is 9.73 Å². The third-order valence-corrected chi connectivity index (χ3v) is 4.58. The van der Waals surface area contributed by atoms with Gasteiger partial charge in [-0.1, -0.05) is 24.6 Å². The lowest BCUT2D eigenvalue weighted by Gasteiger charge is -2.28. The summed E-state index contributed by atoms with van der Waals surface area (Å²) in [5.41, 5.74) is 0.936. The molecule has 1 aromatic carbocycles. The molecule has 3 rings (SSSR count). The van der Waals surface area contributed by atoms with Crippen LogP contribution in [0.25, 0.3) is 0 Å². The smallest absolute Gasteiger partial charge is 0.230 e. The first kappa shape index (κ1) is 16.4. The van der Waals surface area contributed by atoms with Crippen LogP contribution in [0.1, 0.15) is 36.7 Å². The molecule has 1 N–H and O–H groups in total. The number of likely N-dealkylation sites (N-methyl/N-ethyl adjacent to an activating group) is 1. The highest BCUT2D eigenvalue weighted by atomic mass is 35.5. The molecule has 0 amide bonds. The van der Waals surface area contributed by atoms with Crippen LogP contribution >= 0.6 is 11.6 Å². The van der Waals surface area contributed by atoms with Crippen molar-refractivity contribution in [3.63, 3.8) is 0 Å². The van der Waals surface area contributed by atoms with Crippen molar-refractivity contribution in [2.24, 2.45) is 0 Å². The highest BCUT2D eigenvalue weighted by Gasteiger charge is 2.34. The van der Waals surface area contributed by atoms with E-state index in [0.717, 1.165) is 25.1 Å². The van der Waals surface area contributed by atoms with Gasteiger partial charge in [-0.3, -0.25) is 4.90 Å². The van der Waals surface area contributed by atoms with E-state index in [-0.39, 0.29) is 22.9 Å². The van der Waals surface area contributed by atoms with E-state index in [1.807, 2.05) is 6.07 Å². The molecule has 2 unspecified atom stereocenters. The van der Waals surface area contributed by atoms with Crippen LogP contribution in [0.3, 0.4) is 0 Å². The molecule has 124 valence electrons. The van der Waals surface area contributed by atoms with Gasteiger partial charge in [-0.15, -0.1) is 10.2 Å². The fraction of sp³-hybridized carbons (Fsp3) is 0.500. The average molecular weight is 339 g/mol. The summed E-state index contributed by atoms with van der Waals surface area (Å²) in [6.07, 6.45) is 0.982. The van der Waals surface area contributed by atoms with Crippen LogP contribution in [0.4, 0.5) is 4.39 Å². The Hall–Kier alpha value is -1.50. The third-order valence-electron chi connectivity index (χ3n) is 4.28. The summed E-state index contributed by atoms with van der Waals surface area (Å²) >= 11 is 5.81. The summed E-state index contributed by atoms with van der Waals surface area (Å²) in [5, 5.41) is 11.4. The van der Waals surface area contributed by atoms with Gasteiger partial charge in [0.25, 0.3) is 0 Å². The molecule has 0 aliphatic carbocycles. The molecule has 2 atom stereocenters. The van der Waals surface area contributed by atoms with Crippen molar-refractivity contribution in [2.45, 2.75) is 38.9 Å². The molecule has 7 heteroatoms. The van der Waals surface area contributed by atoms with Gasteiger partial charge in [-0.05, 0) is 30.7 Å². The molecule has 0 spiro atoms. The van der Waals surface area contributed by atoms with Gasteiger partial charge in [0.15, 0.2) is 0 Å². The number of halogens is 2. The van der Waals surface area contributed by atoms with Crippen molar-refractivity contribution in [1.29, 1.82) is 0 Å². The number of rotatable bonds is 5. The number of nitrogens with zero attached hydrogens (tertiary/aromatic N) is 3. The summed E-state index contributed by atoms with van der Waals surface area (Å²) < 4.78 is 19.2. The van der Waals surface area contributed by atoms with E-state index >= 15 is 0 Å². The third kappa shape index (κ3) is 3.54. The molecule has 1 aliphatic rings. The Kier molecular flexibility index (Phi) is 4.94. The van der Waals surface area contributed by atoms with Gasteiger partial charge in [0, 0.05) is 19.5 Å². The second kappa shape index (κ2) is 6.95. The highest BCUT2D eigenvalue weighted by Crippen LogP contribution is 2.33. The summed E-state index contributed by atoms with van der Waals surface area (Å²) in [7, 11) is 0. The Morgan fingerprint density at radius 3 is 2.91 bits per heavy atom. The zero-order chi connectivity index (χ0) is 16.4.